The Bertz CT molecular complexity index is 257. The molecule has 4 atom stereocenters. The number of carboxylic acid groups (broad SMARTS) is 1. The monoisotopic (exact) mass is 180 g/mol. The topological polar surface area (TPSA) is 37.3 Å². The van der Waals surface area contributed by atoms with Gasteiger partial charge in [0.1, 0.15) is 0 Å². The van der Waals surface area contributed by atoms with Gasteiger partial charge in [-0.15, -0.1) is 0 Å². The van der Waals surface area contributed by atoms with Crippen LogP contribution in [0.3, 0.4) is 0 Å². The van der Waals surface area contributed by atoms with E-state index in [1.54, 1.807) is 0 Å². The fraction of sp³-hybridized carbons (Fsp3) is 0.909. The first-order valence-electron chi connectivity index (χ1n) is 5.47. The standard InChI is InChI=1S/C11H16O2/c12-10(13)9-6-7-3-5-11(9)4-1-2-8(7)11/h7-9H,1-6H2,(H,12,13)/t7-,8-,9-,11-/m1/s1. The van der Waals surface area contributed by atoms with Crippen LogP contribution >= 0.6 is 0 Å². The van der Waals surface area contributed by atoms with Gasteiger partial charge in [-0.1, -0.05) is 6.42 Å². The van der Waals surface area contributed by atoms with E-state index in [-0.39, 0.29) is 11.3 Å². The van der Waals surface area contributed by atoms with Crippen molar-refractivity contribution in [1.29, 1.82) is 0 Å². The molecule has 3 aliphatic rings. The average Bonchev–Trinajstić information content (AvgIpc) is 2.65. The summed E-state index contributed by atoms with van der Waals surface area (Å²) in [7, 11) is 0. The maximum Gasteiger partial charge on any atom is 0.307 e. The van der Waals surface area contributed by atoms with Crippen LogP contribution in [0.4, 0.5) is 0 Å². The maximum atomic E-state index is 11.1. The van der Waals surface area contributed by atoms with Crippen LogP contribution in [0.2, 0.25) is 0 Å². The molecule has 0 aromatic rings. The van der Waals surface area contributed by atoms with E-state index in [9.17, 15) is 9.90 Å². The predicted molar refractivity (Wildman–Crippen MR) is 48.2 cm³/mol. The van der Waals surface area contributed by atoms with E-state index in [1.807, 2.05) is 0 Å². The Morgan fingerprint density at radius 1 is 1.31 bits per heavy atom. The molecule has 0 unspecified atom stereocenters. The molecular weight excluding hydrogens is 164 g/mol. The van der Waals surface area contributed by atoms with Crippen LogP contribution in [0.15, 0.2) is 0 Å². The summed E-state index contributed by atoms with van der Waals surface area (Å²) in [6.07, 6.45) is 7.30. The Morgan fingerprint density at radius 2 is 2.15 bits per heavy atom. The Morgan fingerprint density at radius 3 is 2.92 bits per heavy atom. The van der Waals surface area contributed by atoms with E-state index in [4.69, 9.17) is 0 Å². The molecule has 3 fully saturated rings. The van der Waals surface area contributed by atoms with Crippen LogP contribution in [0, 0.1) is 23.2 Å². The maximum absolute atomic E-state index is 11.1. The first-order chi connectivity index (χ1) is 6.24. The lowest BCUT2D eigenvalue weighted by Gasteiger charge is -2.31. The first-order valence-corrected chi connectivity index (χ1v) is 5.47. The van der Waals surface area contributed by atoms with Crippen molar-refractivity contribution in [3.8, 4) is 0 Å². The number of carboxylic acids is 1. The van der Waals surface area contributed by atoms with Crippen LogP contribution in [0.1, 0.15) is 38.5 Å². The smallest absolute Gasteiger partial charge is 0.307 e. The molecule has 0 aliphatic heterocycles. The number of carbonyl (C=O) groups is 1. The van der Waals surface area contributed by atoms with Gasteiger partial charge in [0.15, 0.2) is 0 Å². The van der Waals surface area contributed by atoms with E-state index >= 15 is 0 Å². The largest absolute Gasteiger partial charge is 0.481 e. The summed E-state index contributed by atoms with van der Waals surface area (Å²) in [5.74, 6) is 1.05. The van der Waals surface area contributed by atoms with Gasteiger partial charge in [0.2, 0.25) is 0 Å². The lowest BCUT2D eigenvalue weighted by molar-refractivity contribution is -0.146. The molecule has 72 valence electrons. The van der Waals surface area contributed by atoms with E-state index < -0.39 is 5.97 Å². The summed E-state index contributed by atoms with van der Waals surface area (Å²) in [6.45, 7) is 0. The summed E-state index contributed by atoms with van der Waals surface area (Å²) in [6, 6.07) is 0. The summed E-state index contributed by atoms with van der Waals surface area (Å²) in [5.41, 5.74) is 0.260. The van der Waals surface area contributed by atoms with Crippen molar-refractivity contribution >= 4 is 5.97 Å². The van der Waals surface area contributed by atoms with Gasteiger partial charge >= 0.3 is 5.97 Å². The number of rotatable bonds is 1. The van der Waals surface area contributed by atoms with Gasteiger partial charge in [0.05, 0.1) is 5.92 Å². The highest BCUT2D eigenvalue weighted by Crippen LogP contribution is 2.68. The zero-order chi connectivity index (χ0) is 9.05. The van der Waals surface area contributed by atoms with E-state index in [2.05, 4.69) is 0 Å². The van der Waals surface area contributed by atoms with E-state index in [0.717, 1.165) is 18.3 Å². The molecule has 0 spiro atoms. The molecule has 0 saturated heterocycles. The molecule has 3 saturated carbocycles. The highest BCUT2D eigenvalue weighted by atomic mass is 16.4. The molecule has 0 aromatic heterocycles. The van der Waals surface area contributed by atoms with Gasteiger partial charge in [-0.3, -0.25) is 4.79 Å². The SMILES string of the molecule is O=C(O)[C@H]1C[C@H]2CC[C@@]13CCC[C@H]23. The third kappa shape index (κ3) is 0.773. The van der Waals surface area contributed by atoms with E-state index in [1.165, 1.54) is 32.1 Å². The second kappa shape index (κ2) is 2.28. The fourth-order valence-corrected chi connectivity index (χ4v) is 4.57. The third-order valence-electron chi connectivity index (χ3n) is 4.98. The number of aliphatic carboxylic acids is 1. The van der Waals surface area contributed by atoms with Gasteiger partial charge in [0, 0.05) is 0 Å². The molecule has 3 rings (SSSR count). The minimum Gasteiger partial charge on any atom is -0.481 e. The molecule has 0 radical (unpaired) electrons. The summed E-state index contributed by atoms with van der Waals surface area (Å²) in [5, 5.41) is 9.18. The van der Waals surface area contributed by atoms with Gasteiger partial charge in [-0.05, 0) is 49.4 Å². The summed E-state index contributed by atoms with van der Waals surface area (Å²) < 4.78 is 0. The molecule has 3 aliphatic carbocycles. The Kier molecular flexibility index (Phi) is 1.38. The van der Waals surface area contributed by atoms with Crippen molar-refractivity contribution in [3.63, 3.8) is 0 Å². The fourth-order valence-electron chi connectivity index (χ4n) is 4.57. The zero-order valence-corrected chi connectivity index (χ0v) is 7.83. The van der Waals surface area contributed by atoms with Gasteiger partial charge in [-0.25, -0.2) is 0 Å². The molecular formula is C11H16O2. The Hall–Kier alpha value is -0.530. The van der Waals surface area contributed by atoms with Gasteiger partial charge in [0.25, 0.3) is 0 Å². The van der Waals surface area contributed by atoms with Crippen molar-refractivity contribution in [2.45, 2.75) is 38.5 Å². The van der Waals surface area contributed by atoms with E-state index in [0.29, 0.717) is 0 Å². The zero-order valence-electron chi connectivity index (χ0n) is 7.83. The lowest BCUT2D eigenvalue weighted by Crippen LogP contribution is -2.31. The molecule has 0 amide bonds. The normalized spacial score (nSPS) is 52.5. The van der Waals surface area contributed by atoms with Crippen LogP contribution in [-0.4, -0.2) is 11.1 Å². The minimum absolute atomic E-state index is 0.0127. The van der Waals surface area contributed by atoms with Gasteiger partial charge in [-0.2, -0.15) is 0 Å². The highest BCUT2D eigenvalue weighted by molar-refractivity contribution is 5.72. The quantitative estimate of drug-likeness (QED) is 0.672. The predicted octanol–water partition coefficient (Wildman–Crippen LogP) is 2.29. The summed E-state index contributed by atoms with van der Waals surface area (Å²) in [4.78, 5) is 11.1. The molecule has 1 N–H and O–H groups in total. The van der Waals surface area contributed by atoms with Crippen LogP contribution in [0.5, 0.6) is 0 Å². The second-order valence-corrected chi connectivity index (χ2v) is 5.16. The van der Waals surface area contributed by atoms with Crippen molar-refractivity contribution < 1.29 is 9.90 Å². The first kappa shape index (κ1) is 7.84. The van der Waals surface area contributed by atoms with Crippen molar-refractivity contribution in [2.24, 2.45) is 23.2 Å². The highest BCUT2D eigenvalue weighted by Gasteiger charge is 2.62. The molecule has 0 aromatic carbocycles. The van der Waals surface area contributed by atoms with Crippen molar-refractivity contribution in [2.75, 3.05) is 0 Å². The third-order valence-corrected chi connectivity index (χ3v) is 4.98. The lowest BCUT2D eigenvalue weighted by atomic mass is 9.72. The molecule has 2 heteroatoms. The minimum atomic E-state index is -0.519. The average molecular weight is 180 g/mol. The van der Waals surface area contributed by atoms with Crippen molar-refractivity contribution in [3.05, 3.63) is 0 Å². The van der Waals surface area contributed by atoms with Crippen molar-refractivity contribution in [1.82, 2.24) is 0 Å². The molecule has 13 heavy (non-hydrogen) atoms. The summed E-state index contributed by atoms with van der Waals surface area (Å²) >= 11 is 0. The molecule has 2 bridgehead atoms. The molecule has 0 heterocycles. The number of hydrogen-bond acceptors (Lipinski definition) is 1. The Balaban J connectivity index is 1.99. The second-order valence-electron chi connectivity index (χ2n) is 5.16. The van der Waals surface area contributed by atoms with Crippen LogP contribution in [0.25, 0.3) is 0 Å². The number of hydrogen-bond donors (Lipinski definition) is 1. The van der Waals surface area contributed by atoms with Gasteiger partial charge < -0.3 is 5.11 Å². The Labute approximate surface area is 78.3 Å². The van der Waals surface area contributed by atoms with Crippen LogP contribution < -0.4 is 0 Å². The molecule has 2 nitrogen and oxygen atoms in total. The van der Waals surface area contributed by atoms with Crippen LogP contribution in [-0.2, 0) is 4.79 Å².